The van der Waals surface area contributed by atoms with Crippen LogP contribution in [0.4, 0.5) is 0 Å². The third kappa shape index (κ3) is 3.69. The maximum atomic E-state index is 11.4. The number of likely N-dealkylation sites (N-methyl/N-ethyl adjacent to an activating group) is 2. The van der Waals surface area contributed by atoms with Crippen LogP contribution in [0.25, 0.3) is 0 Å². The van der Waals surface area contributed by atoms with Crippen molar-refractivity contribution in [3.63, 3.8) is 0 Å². The van der Waals surface area contributed by atoms with Gasteiger partial charge in [0.25, 0.3) is 0 Å². The van der Waals surface area contributed by atoms with Crippen LogP contribution in [0.15, 0.2) is 0 Å². The monoisotopic (exact) mass is 250 g/mol. The van der Waals surface area contributed by atoms with Crippen molar-refractivity contribution in [2.75, 3.05) is 45.9 Å². The molecule has 0 radical (unpaired) electrons. The summed E-state index contributed by atoms with van der Waals surface area (Å²) in [4.78, 5) is 2.13. The van der Waals surface area contributed by atoms with Crippen LogP contribution in [0.1, 0.15) is 6.42 Å². The van der Waals surface area contributed by atoms with Gasteiger partial charge in [0.15, 0.2) is 9.84 Å². The van der Waals surface area contributed by atoms with Gasteiger partial charge in [0.05, 0.1) is 18.1 Å². The van der Waals surface area contributed by atoms with Crippen molar-refractivity contribution in [1.82, 2.24) is 10.2 Å². The molecule has 5 nitrogen and oxygen atoms in total. The van der Waals surface area contributed by atoms with Gasteiger partial charge in [-0.25, -0.2) is 8.42 Å². The molecular weight excluding hydrogens is 228 g/mol. The molecule has 0 aromatic carbocycles. The molecule has 0 bridgehead atoms. The minimum atomic E-state index is -2.81. The van der Waals surface area contributed by atoms with Crippen molar-refractivity contribution in [2.45, 2.75) is 18.5 Å². The van der Waals surface area contributed by atoms with E-state index in [1.54, 1.807) is 7.11 Å². The fourth-order valence-electron chi connectivity index (χ4n) is 2.14. The molecule has 1 rings (SSSR count). The average molecular weight is 250 g/mol. The lowest BCUT2D eigenvalue weighted by molar-refractivity contribution is 0.0865. The first-order valence-corrected chi connectivity index (χ1v) is 7.38. The lowest BCUT2D eigenvalue weighted by Gasteiger charge is -2.31. The second kappa shape index (κ2) is 5.95. The van der Waals surface area contributed by atoms with Gasteiger partial charge in [-0.1, -0.05) is 0 Å². The number of methoxy groups -OCH3 is 1. The molecule has 16 heavy (non-hydrogen) atoms. The number of rotatable bonds is 6. The topological polar surface area (TPSA) is 58.6 Å². The summed E-state index contributed by atoms with van der Waals surface area (Å²) in [5, 5.41) is 3.11. The van der Waals surface area contributed by atoms with E-state index in [-0.39, 0.29) is 17.8 Å². The third-order valence-electron chi connectivity index (χ3n) is 3.16. The zero-order chi connectivity index (χ0) is 12.2. The molecule has 1 heterocycles. The Morgan fingerprint density at radius 1 is 1.56 bits per heavy atom. The Labute approximate surface area is 98.1 Å². The summed E-state index contributed by atoms with van der Waals surface area (Å²) in [6.07, 6.45) is 0.739. The first kappa shape index (κ1) is 13.9. The minimum Gasteiger partial charge on any atom is -0.383 e. The summed E-state index contributed by atoms with van der Waals surface area (Å²) in [5.74, 6) is 0.606. The van der Waals surface area contributed by atoms with E-state index in [4.69, 9.17) is 4.74 Å². The van der Waals surface area contributed by atoms with Gasteiger partial charge >= 0.3 is 0 Å². The van der Waals surface area contributed by atoms with Gasteiger partial charge in [0, 0.05) is 25.7 Å². The summed E-state index contributed by atoms with van der Waals surface area (Å²) in [5.41, 5.74) is 0. The number of sulfone groups is 1. The number of ether oxygens (including phenoxy) is 1. The van der Waals surface area contributed by atoms with Crippen LogP contribution < -0.4 is 5.32 Å². The quantitative estimate of drug-likeness (QED) is 0.678. The van der Waals surface area contributed by atoms with Crippen LogP contribution in [0, 0.1) is 0 Å². The molecule has 2 unspecified atom stereocenters. The second-order valence-corrected chi connectivity index (χ2v) is 6.62. The molecule has 0 saturated carbocycles. The Balaban J connectivity index is 2.57. The zero-order valence-corrected chi connectivity index (χ0v) is 11.1. The van der Waals surface area contributed by atoms with E-state index in [2.05, 4.69) is 10.2 Å². The molecule has 0 spiro atoms. The Morgan fingerprint density at radius 3 is 2.69 bits per heavy atom. The fraction of sp³-hybridized carbons (Fsp3) is 1.00. The Morgan fingerprint density at radius 2 is 2.25 bits per heavy atom. The number of nitrogens with zero attached hydrogens (tertiary/aromatic N) is 1. The van der Waals surface area contributed by atoms with Crippen LogP contribution in [0.2, 0.25) is 0 Å². The highest BCUT2D eigenvalue weighted by molar-refractivity contribution is 7.91. The second-order valence-electron chi connectivity index (χ2n) is 4.39. The van der Waals surface area contributed by atoms with E-state index in [0.29, 0.717) is 12.4 Å². The van der Waals surface area contributed by atoms with E-state index >= 15 is 0 Å². The smallest absolute Gasteiger partial charge is 0.151 e. The highest BCUT2D eigenvalue weighted by Gasteiger charge is 2.33. The normalized spacial score (nSPS) is 26.1. The molecular formula is C10H22N2O3S. The van der Waals surface area contributed by atoms with E-state index in [0.717, 1.165) is 13.0 Å². The highest BCUT2D eigenvalue weighted by Crippen LogP contribution is 2.18. The molecule has 0 amide bonds. The van der Waals surface area contributed by atoms with Crippen LogP contribution in [0.3, 0.4) is 0 Å². The molecule has 0 aliphatic carbocycles. The lowest BCUT2D eigenvalue weighted by Crippen LogP contribution is -2.47. The Kier molecular flexibility index (Phi) is 5.17. The van der Waals surface area contributed by atoms with Gasteiger partial charge < -0.3 is 10.1 Å². The molecule has 1 N–H and O–H groups in total. The summed E-state index contributed by atoms with van der Waals surface area (Å²) in [6.45, 7) is 1.43. The molecule has 96 valence electrons. The maximum Gasteiger partial charge on any atom is 0.151 e. The molecule has 0 aromatic heterocycles. The van der Waals surface area contributed by atoms with Gasteiger partial charge in [-0.05, 0) is 20.5 Å². The standard InChI is InChI=1S/C10H22N2O3S/c1-11-6-10(7-15-3)12(2)9-4-5-16(13,14)8-9/h9-11H,4-8H2,1-3H3. The van der Waals surface area contributed by atoms with Crippen molar-refractivity contribution < 1.29 is 13.2 Å². The summed E-state index contributed by atoms with van der Waals surface area (Å²) >= 11 is 0. The first-order valence-electron chi connectivity index (χ1n) is 5.56. The highest BCUT2D eigenvalue weighted by atomic mass is 32.2. The van der Waals surface area contributed by atoms with Crippen LogP contribution in [0.5, 0.6) is 0 Å². The van der Waals surface area contributed by atoms with Crippen LogP contribution in [-0.2, 0) is 14.6 Å². The van der Waals surface area contributed by atoms with Gasteiger partial charge in [-0.3, -0.25) is 4.90 Å². The SMILES string of the molecule is CNCC(COC)N(C)C1CCS(=O)(=O)C1. The fourth-order valence-corrected chi connectivity index (χ4v) is 3.93. The van der Waals surface area contributed by atoms with Crippen molar-refractivity contribution in [1.29, 1.82) is 0 Å². The van der Waals surface area contributed by atoms with Crippen molar-refractivity contribution in [2.24, 2.45) is 0 Å². The summed E-state index contributed by atoms with van der Waals surface area (Å²) < 4.78 is 28.0. The number of hydrogen-bond donors (Lipinski definition) is 1. The molecule has 0 aromatic rings. The Hall–Kier alpha value is -0.170. The summed E-state index contributed by atoms with van der Waals surface area (Å²) in [7, 11) is 2.73. The first-order chi connectivity index (χ1) is 7.50. The molecule has 1 aliphatic rings. The van der Waals surface area contributed by atoms with Crippen LogP contribution >= 0.6 is 0 Å². The van der Waals surface area contributed by atoms with Crippen molar-refractivity contribution >= 4 is 9.84 Å². The average Bonchev–Trinajstić information content (AvgIpc) is 2.57. The van der Waals surface area contributed by atoms with E-state index < -0.39 is 9.84 Å². The predicted octanol–water partition coefficient (Wildman–Crippen LogP) is -0.660. The van der Waals surface area contributed by atoms with E-state index in [9.17, 15) is 8.42 Å². The van der Waals surface area contributed by atoms with Gasteiger partial charge in [-0.2, -0.15) is 0 Å². The number of nitrogens with one attached hydrogen (secondary N) is 1. The molecule has 1 saturated heterocycles. The van der Waals surface area contributed by atoms with Crippen LogP contribution in [-0.4, -0.2) is 71.3 Å². The summed E-state index contributed by atoms with van der Waals surface area (Å²) in [6, 6.07) is 0.367. The molecule has 1 fully saturated rings. The zero-order valence-electron chi connectivity index (χ0n) is 10.3. The van der Waals surface area contributed by atoms with Crippen molar-refractivity contribution in [3.05, 3.63) is 0 Å². The molecule has 6 heteroatoms. The number of hydrogen-bond acceptors (Lipinski definition) is 5. The van der Waals surface area contributed by atoms with Gasteiger partial charge in [0.2, 0.25) is 0 Å². The largest absolute Gasteiger partial charge is 0.383 e. The van der Waals surface area contributed by atoms with Gasteiger partial charge in [0.1, 0.15) is 0 Å². The Bertz CT molecular complexity index is 299. The molecule has 1 aliphatic heterocycles. The third-order valence-corrected chi connectivity index (χ3v) is 4.91. The minimum absolute atomic E-state index is 0.137. The maximum absolute atomic E-state index is 11.4. The van der Waals surface area contributed by atoms with E-state index in [1.165, 1.54) is 0 Å². The van der Waals surface area contributed by atoms with Crippen molar-refractivity contribution in [3.8, 4) is 0 Å². The lowest BCUT2D eigenvalue weighted by atomic mass is 10.1. The van der Waals surface area contributed by atoms with Gasteiger partial charge in [-0.15, -0.1) is 0 Å². The molecule has 2 atom stereocenters. The van der Waals surface area contributed by atoms with E-state index in [1.807, 2.05) is 14.1 Å². The predicted molar refractivity (Wildman–Crippen MR) is 64.4 cm³/mol.